The van der Waals surface area contributed by atoms with Crippen molar-refractivity contribution in [2.45, 2.75) is 51.5 Å². The molecule has 0 aromatic rings. The summed E-state index contributed by atoms with van der Waals surface area (Å²) in [6.07, 6.45) is 7.47. The van der Waals surface area contributed by atoms with Crippen molar-refractivity contribution >= 4 is 5.91 Å². The molecule has 1 amide bonds. The summed E-state index contributed by atoms with van der Waals surface area (Å²) >= 11 is 0. The van der Waals surface area contributed by atoms with E-state index in [2.05, 4.69) is 17.6 Å². The van der Waals surface area contributed by atoms with Crippen LogP contribution < -0.4 is 10.6 Å². The summed E-state index contributed by atoms with van der Waals surface area (Å²) in [5.74, 6) is 0.946. The van der Waals surface area contributed by atoms with E-state index in [0.717, 1.165) is 12.5 Å². The average molecular weight is 212 g/mol. The molecular formula is C12H24N2O. The third-order valence-electron chi connectivity index (χ3n) is 3.45. The molecule has 88 valence electrons. The van der Waals surface area contributed by atoms with Gasteiger partial charge in [-0.1, -0.05) is 19.3 Å². The van der Waals surface area contributed by atoms with Gasteiger partial charge in [-0.2, -0.15) is 0 Å². The van der Waals surface area contributed by atoms with Crippen LogP contribution in [0.15, 0.2) is 0 Å². The molecule has 1 rings (SSSR count). The second-order valence-electron chi connectivity index (χ2n) is 4.56. The van der Waals surface area contributed by atoms with Gasteiger partial charge in [0.05, 0.1) is 0 Å². The molecule has 0 saturated heterocycles. The maximum absolute atomic E-state index is 11.0. The summed E-state index contributed by atoms with van der Waals surface area (Å²) in [6.45, 7) is 3.05. The number of nitrogens with one attached hydrogen (secondary N) is 2. The fraction of sp³-hybridized carbons (Fsp3) is 0.917. The Kier molecular flexibility index (Phi) is 5.69. The lowest BCUT2D eigenvalue weighted by atomic mass is 9.84. The van der Waals surface area contributed by atoms with Crippen LogP contribution in [-0.4, -0.2) is 25.5 Å². The van der Waals surface area contributed by atoms with Gasteiger partial charge in [0.25, 0.3) is 0 Å². The number of hydrogen-bond donors (Lipinski definition) is 2. The Hall–Kier alpha value is -0.570. The fourth-order valence-electron chi connectivity index (χ4n) is 2.34. The van der Waals surface area contributed by atoms with Crippen LogP contribution in [0.25, 0.3) is 0 Å². The Morgan fingerprint density at radius 2 is 2.00 bits per heavy atom. The van der Waals surface area contributed by atoms with Crippen LogP contribution in [0.1, 0.15) is 45.4 Å². The lowest BCUT2D eigenvalue weighted by molar-refractivity contribution is -0.120. The van der Waals surface area contributed by atoms with E-state index < -0.39 is 0 Å². The highest BCUT2D eigenvalue weighted by atomic mass is 16.1. The minimum absolute atomic E-state index is 0.123. The van der Waals surface area contributed by atoms with Crippen LogP contribution in [0.2, 0.25) is 0 Å². The van der Waals surface area contributed by atoms with Gasteiger partial charge in [-0.3, -0.25) is 4.79 Å². The highest BCUT2D eigenvalue weighted by Gasteiger charge is 2.19. The Labute approximate surface area is 93.0 Å². The van der Waals surface area contributed by atoms with Gasteiger partial charge in [-0.25, -0.2) is 0 Å². The Morgan fingerprint density at radius 1 is 1.33 bits per heavy atom. The summed E-state index contributed by atoms with van der Waals surface area (Å²) in [7, 11) is 1.69. The molecule has 0 aromatic carbocycles. The van der Waals surface area contributed by atoms with Crippen molar-refractivity contribution in [3.8, 4) is 0 Å². The largest absolute Gasteiger partial charge is 0.359 e. The molecule has 0 aliphatic heterocycles. The van der Waals surface area contributed by atoms with Gasteiger partial charge < -0.3 is 10.6 Å². The second kappa shape index (κ2) is 6.83. The first-order valence-corrected chi connectivity index (χ1v) is 6.18. The molecule has 1 saturated carbocycles. The van der Waals surface area contributed by atoms with Crippen LogP contribution in [0.4, 0.5) is 0 Å². The van der Waals surface area contributed by atoms with Crippen molar-refractivity contribution < 1.29 is 4.79 Å². The Morgan fingerprint density at radius 3 is 2.60 bits per heavy atom. The quantitative estimate of drug-likeness (QED) is 0.728. The predicted molar refractivity (Wildman–Crippen MR) is 62.7 cm³/mol. The topological polar surface area (TPSA) is 41.1 Å². The highest BCUT2D eigenvalue weighted by Crippen LogP contribution is 2.26. The third-order valence-corrected chi connectivity index (χ3v) is 3.45. The summed E-state index contributed by atoms with van der Waals surface area (Å²) in [5, 5.41) is 6.10. The molecule has 2 N–H and O–H groups in total. The molecule has 3 heteroatoms. The van der Waals surface area contributed by atoms with Crippen molar-refractivity contribution in [2.24, 2.45) is 5.92 Å². The van der Waals surface area contributed by atoms with Crippen LogP contribution in [-0.2, 0) is 4.79 Å². The number of carbonyl (C=O) groups excluding carboxylic acids is 1. The first-order chi connectivity index (χ1) is 7.24. The summed E-state index contributed by atoms with van der Waals surface area (Å²) in [6, 6.07) is 0.565. The van der Waals surface area contributed by atoms with Gasteiger partial charge in [0.1, 0.15) is 0 Å². The normalized spacial score (nSPS) is 19.9. The van der Waals surface area contributed by atoms with Crippen LogP contribution in [0.5, 0.6) is 0 Å². The van der Waals surface area contributed by atoms with Gasteiger partial charge in [0, 0.05) is 26.1 Å². The number of amides is 1. The molecule has 0 bridgehead atoms. The second-order valence-corrected chi connectivity index (χ2v) is 4.56. The van der Waals surface area contributed by atoms with Gasteiger partial charge in [0.15, 0.2) is 0 Å². The molecule has 15 heavy (non-hydrogen) atoms. The van der Waals surface area contributed by atoms with Gasteiger partial charge >= 0.3 is 0 Å². The van der Waals surface area contributed by atoms with E-state index in [9.17, 15) is 4.79 Å². The minimum atomic E-state index is 0.123. The SMILES string of the molecule is CNC(=O)CCN[C@H](C)C1CCCCC1. The van der Waals surface area contributed by atoms with Crippen LogP contribution in [0.3, 0.4) is 0 Å². The van der Waals surface area contributed by atoms with Crippen molar-refractivity contribution in [3.05, 3.63) is 0 Å². The van der Waals surface area contributed by atoms with Gasteiger partial charge in [0.2, 0.25) is 5.91 Å². The summed E-state index contributed by atoms with van der Waals surface area (Å²) in [5.41, 5.74) is 0. The standard InChI is InChI=1S/C12H24N2O/c1-10(11-6-4-3-5-7-11)14-9-8-12(15)13-2/h10-11,14H,3-9H2,1-2H3,(H,13,15)/t10-/m1/s1. The van der Waals surface area contributed by atoms with Crippen molar-refractivity contribution in [3.63, 3.8) is 0 Å². The maximum atomic E-state index is 11.0. The zero-order chi connectivity index (χ0) is 11.1. The zero-order valence-electron chi connectivity index (χ0n) is 10.0. The summed E-state index contributed by atoms with van der Waals surface area (Å²) < 4.78 is 0. The minimum Gasteiger partial charge on any atom is -0.359 e. The number of carbonyl (C=O) groups is 1. The monoisotopic (exact) mass is 212 g/mol. The molecule has 1 aliphatic carbocycles. The molecule has 1 atom stereocenters. The van der Waals surface area contributed by atoms with E-state index in [-0.39, 0.29) is 5.91 Å². The van der Waals surface area contributed by atoms with Crippen LogP contribution >= 0.6 is 0 Å². The Balaban J connectivity index is 2.11. The first-order valence-electron chi connectivity index (χ1n) is 6.18. The Bertz CT molecular complexity index is 188. The smallest absolute Gasteiger partial charge is 0.221 e. The molecule has 0 radical (unpaired) electrons. The van der Waals surface area contributed by atoms with Gasteiger partial charge in [-0.15, -0.1) is 0 Å². The van der Waals surface area contributed by atoms with Gasteiger partial charge in [-0.05, 0) is 25.7 Å². The van der Waals surface area contributed by atoms with E-state index in [4.69, 9.17) is 0 Å². The lowest BCUT2D eigenvalue weighted by Crippen LogP contribution is -2.36. The molecule has 3 nitrogen and oxygen atoms in total. The third kappa shape index (κ3) is 4.65. The van der Waals surface area contributed by atoms with Crippen molar-refractivity contribution in [1.29, 1.82) is 0 Å². The molecule has 0 spiro atoms. The van der Waals surface area contributed by atoms with E-state index in [0.29, 0.717) is 12.5 Å². The first kappa shape index (κ1) is 12.5. The molecule has 0 unspecified atom stereocenters. The van der Waals surface area contributed by atoms with E-state index >= 15 is 0 Å². The molecule has 0 aromatic heterocycles. The maximum Gasteiger partial charge on any atom is 0.221 e. The van der Waals surface area contributed by atoms with Crippen LogP contribution in [0, 0.1) is 5.92 Å². The predicted octanol–water partition coefficient (Wildman–Crippen LogP) is 1.68. The van der Waals surface area contributed by atoms with E-state index in [1.54, 1.807) is 7.05 Å². The number of rotatable bonds is 5. The fourth-order valence-corrected chi connectivity index (χ4v) is 2.34. The highest BCUT2D eigenvalue weighted by molar-refractivity contribution is 5.75. The van der Waals surface area contributed by atoms with E-state index in [1.165, 1.54) is 32.1 Å². The van der Waals surface area contributed by atoms with E-state index in [1.807, 2.05) is 0 Å². The molecule has 1 fully saturated rings. The van der Waals surface area contributed by atoms with Crippen molar-refractivity contribution in [1.82, 2.24) is 10.6 Å². The summed E-state index contributed by atoms with van der Waals surface area (Å²) in [4.78, 5) is 11.0. The molecule has 0 heterocycles. The molecular weight excluding hydrogens is 188 g/mol. The molecule has 1 aliphatic rings. The lowest BCUT2D eigenvalue weighted by Gasteiger charge is -2.28. The zero-order valence-corrected chi connectivity index (χ0v) is 10.0. The van der Waals surface area contributed by atoms with Crippen molar-refractivity contribution in [2.75, 3.05) is 13.6 Å². The average Bonchev–Trinajstić information content (AvgIpc) is 2.29. The number of hydrogen-bond acceptors (Lipinski definition) is 2.